The smallest absolute Gasteiger partial charge is 0.130 e. The Bertz CT molecular complexity index is 349. The van der Waals surface area contributed by atoms with Gasteiger partial charge in [0.1, 0.15) is 6.29 Å². The molecule has 15 heavy (non-hydrogen) atoms. The monoisotopic (exact) mass is 220 g/mol. The van der Waals surface area contributed by atoms with Crippen molar-refractivity contribution in [3.63, 3.8) is 0 Å². The topological polar surface area (TPSA) is 17.1 Å². The van der Waals surface area contributed by atoms with E-state index in [1.54, 1.807) is 0 Å². The fraction of sp³-hybridized carbons (Fsp3) is 0.462. The molecule has 0 radical (unpaired) electrons. The quantitative estimate of drug-likeness (QED) is 0.571. The van der Waals surface area contributed by atoms with Crippen molar-refractivity contribution in [3.8, 4) is 0 Å². The van der Waals surface area contributed by atoms with E-state index in [4.69, 9.17) is 0 Å². The minimum absolute atomic E-state index is 0.124. The van der Waals surface area contributed by atoms with Crippen LogP contribution in [0.3, 0.4) is 0 Å². The highest BCUT2D eigenvalue weighted by atomic mass is 32.2. The Morgan fingerprint density at radius 1 is 1.27 bits per heavy atom. The van der Waals surface area contributed by atoms with Gasteiger partial charge in [-0.25, -0.2) is 0 Å². The van der Waals surface area contributed by atoms with Gasteiger partial charge in [0.05, 0.1) is 5.41 Å². The van der Waals surface area contributed by atoms with Crippen molar-refractivity contribution in [2.45, 2.75) is 42.2 Å². The first-order valence-corrected chi connectivity index (χ1v) is 6.28. The van der Waals surface area contributed by atoms with E-state index in [1.165, 1.54) is 10.5 Å². The maximum Gasteiger partial charge on any atom is 0.130 e. The zero-order valence-corrected chi connectivity index (χ0v) is 10.0. The van der Waals surface area contributed by atoms with Crippen molar-refractivity contribution in [2.75, 3.05) is 0 Å². The maximum absolute atomic E-state index is 10.9. The van der Waals surface area contributed by atoms with Gasteiger partial charge in [-0.2, -0.15) is 0 Å². The molecule has 1 nitrogen and oxygen atoms in total. The summed E-state index contributed by atoms with van der Waals surface area (Å²) in [5.41, 5.74) is 1.06. The number of hydrogen-bond acceptors (Lipinski definition) is 2. The van der Waals surface area contributed by atoms with Crippen LogP contribution >= 0.6 is 11.8 Å². The van der Waals surface area contributed by atoms with Crippen molar-refractivity contribution < 1.29 is 4.79 Å². The third kappa shape index (κ3) is 2.25. The zero-order chi connectivity index (χ0) is 10.9. The molecular weight excluding hydrogens is 204 g/mol. The zero-order valence-electron chi connectivity index (χ0n) is 9.19. The molecule has 0 aliphatic heterocycles. The molecule has 0 aromatic heterocycles. The van der Waals surface area contributed by atoms with Crippen LogP contribution in [0.1, 0.15) is 32.3 Å². The number of rotatable bonds is 4. The second-order valence-corrected chi connectivity index (χ2v) is 6.11. The van der Waals surface area contributed by atoms with Crippen molar-refractivity contribution in [1.82, 2.24) is 0 Å². The Hall–Kier alpha value is -0.760. The van der Waals surface area contributed by atoms with Gasteiger partial charge < -0.3 is 4.79 Å². The molecule has 0 unspecified atom stereocenters. The molecule has 1 aliphatic rings. The average Bonchev–Trinajstić information content (AvgIpc) is 2.99. The maximum atomic E-state index is 10.9. The van der Waals surface area contributed by atoms with Crippen molar-refractivity contribution in [2.24, 2.45) is 0 Å². The Labute approximate surface area is 95.3 Å². The van der Waals surface area contributed by atoms with E-state index in [-0.39, 0.29) is 5.41 Å². The molecule has 0 bridgehead atoms. The molecule has 2 rings (SSSR count). The Balaban J connectivity index is 2.14. The SMILES string of the molecule is CC(C)Sc1ccc(C2(C=O)CC2)cc1. The van der Waals surface area contributed by atoms with Crippen LogP contribution in [0.4, 0.5) is 0 Å². The summed E-state index contributed by atoms with van der Waals surface area (Å²) < 4.78 is 0. The van der Waals surface area contributed by atoms with Gasteiger partial charge >= 0.3 is 0 Å². The van der Waals surface area contributed by atoms with E-state index in [0.29, 0.717) is 5.25 Å². The molecule has 0 amide bonds. The van der Waals surface area contributed by atoms with Gasteiger partial charge in [0, 0.05) is 10.1 Å². The highest BCUT2D eigenvalue weighted by Crippen LogP contribution is 2.46. The largest absolute Gasteiger partial charge is 0.302 e. The fourth-order valence-corrected chi connectivity index (χ4v) is 2.58. The summed E-state index contributed by atoms with van der Waals surface area (Å²) >= 11 is 1.86. The summed E-state index contributed by atoms with van der Waals surface area (Å²) in [5.74, 6) is 0. The second kappa shape index (κ2) is 4.01. The van der Waals surface area contributed by atoms with Crippen LogP contribution in [-0.2, 0) is 10.2 Å². The van der Waals surface area contributed by atoms with Crippen LogP contribution in [0.15, 0.2) is 29.2 Å². The number of carbonyl (C=O) groups is 1. The lowest BCUT2D eigenvalue weighted by atomic mass is 9.98. The number of carbonyl (C=O) groups excluding carboxylic acids is 1. The highest BCUT2D eigenvalue weighted by Gasteiger charge is 2.44. The Kier molecular flexibility index (Phi) is 2.87. The van der Waals surface area contributed by atoms with Crippen LogP contribution in [0, 0.1) is 0 Å². The van der Waals surface area contributed by atoms with Gasteiger partial charge in [0.2, 0.25) is 0 Å². The van der Waals surface area contributed by atoms with Crippen molar-refractivity contribution in [3.05, 3.63) is 29.8 Å². The summed E-state index contributed by atoms with van der Waals surface area (Å²) in [7, 11) is 0. The number of benzene rings is 1. The molecule has 2 heteroatoms. The minimum atomic E-state index is -0.124. The number of thioether (sulfide) groups is 1. The lowest BCUT2D eigenvalue weighted by Gasteiger charge is -2.09. The molecule has 0 N–H and O–H groups in total. The third-order valence-electron chi connectivity index (χ3n) is 2.82. The van der Waals surface area contributed by atoms with E-state index in [2.05, 4.69) is 38.1 Å². The molecule has 0 heterocycles. The molecule has 1 aromatic rings. The molecule has 1 saturated carbocycles. The molecule has 0 saturated heterocycles. The molecule has 1 aliphatic carbocycles. The second-order valence-electron chi connectivity index (χ2n) is 4.46. The summed E-state index contributed by atoms with van der Waals surface area (Å²) in [4.78, 5) is 12.2. The van der Waals surface area contributed by atoms with E-state index < -0.39 is 0 Å². The van der Waals surface area contributed by atoms with Gasteiger partial charge in [-0.15, -0.1) is 11.8 Å². The van der Waals surface area contributed by atoms with Crippen LogP contribution in [0.2, 0.25) is 0 Å². The molecule has 0 atom stereocenters. The van der Waals surface area contributed by atoms with E-state index in [1.807, 2.05) is 11.8 Å². The molecule has 1 fully saturated rings. The van der Waals surface area contributed by atoms with Gasteiger partial charge in [-0.1, -0.05) is 26.0 Å². The summed E-state index contributed by atoms with van der Waals surface area (Å²) in [6.07, 6.45) is 3.15. The van der Waals surface area contributed by atoms with Gasteiger partial charge in [-0.05, 0) is 30.5 Å². The standard InChI is InChI=1S/C13H16OS/c1-10(2)15-12-5-3-11(4-6-12)13(9-14)7-8-13/h3-6,9-10H,7-8H2,1-2H3. The van der Waals surface area contributed by atoms with Crippen LogP contribution in [0.25, 0.3) is 0 Å². The predicted octanol–water partition coefficient (Wildman–Crippen LogP) is 3.42. The lowest BCUT2D eigenvalue weighted by molar-refractivity contribution is -0.109. The van der Waals surface area contributed by atoms with Gasteiger partial charge in [0.15, 0.2) is 0 Å². The van der Waals surface area contributed by atoms with Crippen LogP contribution in [-0.4, -0.2) is 11.5 Å². The number of aldehydes is 1. The lowest BCUT2D eigenvalue weighted by Crippen LogP contribution is -2.07. The first-order valence-electron chi connectivity index (χ1n) is 5.40. The molecular formula is C13H16OS. The fourth-order valence-electron chi connectivity index (χ4n) is 1.75. The van der Waals surface area contributed by atoms with Crippen molar-refractivity contribution in [1.29, 1.82) is 0 Å². The predicted molar refractivity (Wildman–Crippen MR) is 64.4 cm³/mol. The summed E-state index contributed by atoms with van der Waals surface area (Å²) in [6.45, 7) is 4.37. The third-order valence-corrected chi connectivity index (χ3v) is 3.83. The Morgan fingerprint density at radius 2 is 1.87 bits per heavy atom. The summed E-state index contributed by atoms with van der Waals surface area (Å²) in [6, 6.07) is 8.46. The first-order chi connectivity index (χ1) is 7.16. The Morgan fingerprint density at radius 3 is 2.27 bits per heavy atom. The molecule has 80 valence electrons. The van der Waals surface area contributed by atoms with Gasteiger partial charge in [0.25, 0.3) is 0 Å². The minimum Gasteiger partial charge on any atom is -0.302 e. The van der Waals surface area contributed by atoms with Crippen LogP contribution in [0.5, 0.6) is 0 Å². The molecule has 0 spiro atoms. The average molecular weight is 220 g/mol. The van der Waals surface area contributed by atoms with E-state index in [9.17, 15) is 4.79 Å². The normalized spacial score (nSPS) is 17.8. The van der Waals surface area contributed by atoms with Crippen molar-refractivity contribution >= 4 is 18.0 Å². The van der Waals surface area contributed by atoms with E-state index in [0.717, 1.165) is 19.1 Å². The first kappa shape index (κ1) is 10.7. The summed E-state index contributed by atoms with van der Waals surface area (Å²) in [5, 5.41) is 0.608. The highest BCUT2D eigenvalue weighted by molar-refractivity contribution is 7.99. The van der Waals surface area contributed by atoms with Crippen LogP contribution < -0.4 is 0 Å². The van der Waals surface area contributed by atoms with E-state index >= 15 is 0 Å². The number of hydrogen-bond donors (Lipinski definition) is 0. The van der Waals surface area contributed by atoms with Gasteiger partial charge in [-0.3, -0.25) is 0 Å². The molecule has 1 aromatic carbocycles.